The summed E-state index contributed by atoms with van der Waals surface area (Å²) in [5.74, 6) is 0.422. The van der Waals surface area contributed by atoms with Crippen molar-refractivity contribution < 1.29 is 19.1 Å². The van der Waals surface area contributed by atoms with Gasteiger partial charge in [-0.2, -0.15) is 11.8 Å². The van der Waals surface area contributed by atoms with Gasteiger partial charge in [0.2, 0.25) is 6.23 Å². The first kappa shape index (κ1) is 21.5. The van der Waals surface area contributed by atoms with Gasteiger partial charge in [0.1, 0.15) is 6.61 Å². The fourth-order valence-electron chi connectivity index (χ4n) is 3.08. The van der Waals surface area contributed by atoms with Crippen molar-refractivity contribution in [1.82, 2.24) is 4.90 Å². The number of hydrogen-bond donors (Lipinski definition) is 0. The number of amides is 1. The van der Waals surface area contributed by atoms with Gasteiger partial charge in [0.15, 0.2) is 0 Å². The summed E-state index contributed by atoms with van der Waals surface area (Å²) in [4.78, 5) is 27.6. The largest absolute Gasteiger partial charge is 0.444 e. The van der Waals surface area contributed by atoms with E-state index in [1.807, 2.05) is 66.9 Å². The maximum atomic E-state index is 13.2. The Bertz CT molecular complexity index is 810. The van der Waals surface area contributed by atoms with Crippen LogP contribution in [0.3, 0.4) is 0 Å². The van der Waals surface area contributed by atoms with E-state index in [-0.39, 0.29) is 12.6 Å². The van der Waals surface area contributed by atoms with E-state index in [9.17, 15) is 9.59 Å². The molecule has 8 heteroatoms. The molecule has 1 amide bonds. The molecule has 2 atom stereocenters. The zero-order valence-electron chi connectivity index (χ0n) is 15.4. The highest BCUT2D eigenvalue weighted by Gasteiger charge is 2.57. The van der Waals surface area contributed by atoms with Gasteiger partial charge in [-0.3, -0.25) is 9.69 Å². The molecule has 1 radical (unpaired) electrons. The molecule has 0 spiro atoms. The van der Waals surface area contributed by atoms with E-state index in [0.29, 0.717) is 6.42 Å². The van der Waals surface area contributed by atoms with Gasteiger partial charge in [-0.15, -0.1) is 0 Å². The summed E-state index contributed by atoms with van der Waals surface area (Å²) in [5, 5.41) is 0. The molecule has 1 aliphatic rings. The van der Waals surface area contributed by atoms with Gasteiger partial charge in [-0.1, -0.05) is 60.7 Å². The van der Waals surface area contributed by atoms with Crippen molar-refractivity contribution in [2.24, 2.45) is 0 Å². The van der Waals surface area contributed by atoms with Crippen LogP contribution in [0, 0.1) is 0 Å². The van der Waals surface area contributed by atoms with E-state index < -0.39 is 28.7 Å². The van der Waals surface area contributed by atoms with Crippen LogP contribution in [-0.4, -0.2) is 45.3 Å². The number of cyclic esters (lactones) is 1. The van der Waals surface area contributed by atoms with Crippen molar-refractivity contribution in [3.05, 3.63) is 71.8 Å². The number of rotatable bonds is 7. The van der Waals surface area contributed by atoms with Gasteiger partial charge in [0.25, 0.3) is 0 Å². The average Bonchev–Trinajstić information content (AvgIpc) is 3.04. The molecular weight excluding hydrogens is 504 g/mol. The first-order valence-electron chi connectivity index (χ1n) is 8.82. The Balaban J connectivity index is 1.90. The molecule has 1 heterocycles. The number of halogens is 1. The van der Waals surface area contributed by atoms with Gasteiger partial charge >= 0.3 is 24.0 Å². The second kappa shape index (κ2) is 10.0. The lowest BCUT2D eigenvalue weighted by atomic mass is 10.1. The zero-order chi connectivity index (χ0) is 20.0. The maximum Gasteiger partial charge on any atom is 0.413 e. The Morgan fingerprint density at radius 2 is 1.86 bits per heavy atom. The van der Waals surface area contributed by atoms with Crippen LogP contribution in [0.5, 0.6) is 0 Å². The minimum Gasteiger partial charge on any atom is -0.444 e. The summed E-state index contributed by atoms with van der Waals surface area (Å²) < 4.78 is 10.4. The molecule has 2 aromatic carbocycles. The summed E-state index contributed by atoms with van der Waals surface area (Å²) in [7, 11) is 0. The van der Waals surface area contributed by atoms with Gasteiger partial charge in [-0.05, 0) is 24.0 Å². The summed E-state index contributed by atoms with van der Waals surface area (Å²) in [5.41, 5.74) is 1.66. The molecule has 28 heavy (non-hydrogen) atoms. The fraction of sp³-hybridized carbons (Fsp3) is 0.300. The molecule has 145 valence electrons. The molecule has 0 aliphatic carbocycles. The van der Waals surface area contributed by atoms with Crippen molar-refractivity contribution in [3.63, 3.8) is 0 Å². The summed E-state index contributed by atoms with van der Waals surface area (Å²) in [6, 6.07) is 18.9. The smallest absolute Gasteiger partial charge is 0.413 e. The lowest BCUT2D eigenvalue weighted by molar-refractivity contribution is -0.143. The molecule has 2 aromatic rings. The molecule has 0 unspecified atom stereocenters. The van der Waals surface area contributed by atoms with Crippen molar-refractivity contribution in [2.75, 3.05) is 12.0 Å². The molecule has 1 saturated heterocycles. The zero-order valence-corrected chi connectivity index (χ0v) is 19.5. The Morgan fingerprint density at radius 3 is 2.46 bits per heavy atom. The summed E-state index contributed by atoms with van der Waals surface area (Å²) in [6.45, 7) is 0.154. The molecule has 0 N–H and O–H groups in total. The highest BCUT2D eigenvalue weighted by Crippen LogP contribution is 2.41. The SMILES string of the molecule is CSCC[C@]1([Al][I])C(=O)O[C@H](c2ccccc2)N1C(=O)OCc1ccccc1. The number of benzene rings is 2. The summed E-state index contributed by atoms with van der Waals surface area (Å²) in [6.07, 6.45) is 1.26. The topological polar surface area (TPSA) is 55.8 Å². The molecule has 1 aliphatic heterocycles. The van der Waals surface area contributed by atoms with Crippen LogP contribution in [0.25, 0.3) is 0 Å². The van der Waals surface area contributed by atoms with Crippen molar-refractivity contribution in [1.29, 1.82) is 0 Å². The normalized spacial score (nSPS) is 21.3. The number of esters is 1. The molecule has 0 bridgehead atoms. The number of carbonyl (C=O) groups is 2. The van der Waals surface area contributed by atoms with Crippen LogP contribution < -0.4 is 0 Å². The minimum absolute atomic E-state index is 0.154. The standard InChI is InChI=1S/C20H20NO4S.Al.HI/c1-26-13-12-17-19(22)25-18(16-10-6-3-7-11-16)21(17)20(23)24-14-15-8-4-2-5-9-15;;/h2-11,18H,12-14H2,1H3;;1H/q;+1;/p-1/t18-;;/m1../s1. The van der Waals surface area contributed by atoms with E-state index in [1.54, 1.807) is 11.8 Å². The highest BCUT2D eigenvalue weighted by molar-refractivity contribution is 14.1. The Hall–Kier alpha value is -1.21. The van der Waals surface area contributed by atoms with Gasteiger partial charge in [0, 0.05) is 5.56 Å². The lowest BCUT2D eigenvalue weighted by Crippen LogP contribution is -2.55. The average molecular weight is 524 g/mol. The number of ether oxygens (including phenoxy) is 2. The van der Waals surface area contributed by atoms with Crippen LogP contribution in [-0.2, 0) is 20.9 Å². The van der Waals surface area contributed by atoms with Gasteiger partial charge in [-0.25, -0.2) is 25.1 Å². The molecule has 1 fully saturated rings. The predicted molar refractivity (Wildman–Crippen MR) is 119 cm³/mol. The first-order chi connectivity index (χ1) is 13.6. The Kier molecular flexibility index (Phi) is 7.69. The Morgan fingerprint density at radius 1 is 1.21 bits per heavy atom. The molecular formula is C20H20AlINO4S. The van der Waals surface area contributed by atoms with Crippen molar-refractivity contribution in [3.8, 4) is 0 Å². The predicted octanol–water partition coefficient (Wildman–Crippen LogP) is 4.38. The number of hydrogen-bond acceptors (Lipinski definition) is 5. The Labute approximate surface area is 186 Å². The van der Waals surface area contributed by atoms with Gasteiger partial charge < -0.3 is 9.47 Å². The lowest BCUT2D eigenvalue weighted by Gasteiger charge is -2.34. The van der Waals surface area contributed by atoms with E-state index in [1.165, 1.54) is 4.90 Å². The summed E-state index contributed by atoms with van der Waals surface area (Å²) >= 11 is 3.47. The van der Waals surface area contributed by atoms with Crippen LogP contribution in [0.1, 0.15) is 23.8 Å². The number of nitrogens with zero attached hydrogens (tertiary/aromatic N) is 1. The van der Waals surface area contributed by atoms with E-state index in [4.69, 9.17) is 9.47 Å². The van der Waals surface area contributed by atoms with E-state index in [2.05, 4.69) is 20.3 Å². The third kappa shape index (κ3) is 4.51. The van der Waals surface area contributed by atoms with E-state index in [0.717, 1.165) is 16.9 Å². The second-order valence-corrected chi connectivity index (χ2v) is 10.4. The van der Waals surface area contributed by atoms with Crippen LogP contribution in [0.2, 0.25) is 0 Å². The second-order valence-electron chi connectivity index (χ2n) is 6.35. The molecule has 0 aromatic heterocycles. The van der Waals surface area contributed by atoms with Crippen LogP contribution in [0.4, 0.5) is 4.79 Å². The van der Waals surface area contributed by atoms with Crippen molar-refractivity contribution in [2.45, 2.75) is 23.7 Å². The monoisotopic (exact) mass is 524 g/mol. The number of carbonyl (C=O) groups excluding carboxylic acids is 2. The molecule has 5 nitrogen and oxygen atoms in total. The molecule has 0 saturated carbocycles. The third-order valence-electron chi connectivity index (χ3n) is 4.59. The number of thioether (sulfide) groups is 1. The van der Waals surface area contributed by atoms with Crippen LogP contribution in [0.15, 0.2) is 60.7 Å². The van der Waals surface area contributed by atoms with Crippen LogP contribution >= 0.6 is 32.0 Å². The fourth-order valence-corrected chi connectivity index (χ4v) is 7.16. The van der Waals surface area contributed by atoms with Gasteiger partial charge in [0.05, 0.1) is 4.40 Å². The first-order valence-corrected chi connectivity index (χ1v) is 15.0. The maximum absolute atomic E-state index is 13.2. The van der Waals surface area contributed by atoms with E-state index >= 15 is 0 Å². The highest BCUT2D eigenvalue weighted by atomic mass is 127. The quantitative estimate of drug-likeness (QED) is 0.306. The van der Waals surface area contributed by atoms with Crippen molar-refractivity contribution >= 4 is 56.0 Å². The minimum atomic E-state index is -0.947. The third-order valence-corrected chi connectivity index (χ3v) is 9.46. The molecule has 3 rings (SSSR count).